The Morgan fingerprint density at radius 3 is 2.77 bits per heavy atom. The summed E-state index contributed by atoms with van der Waals surface area (Å²) in [6.07, 6.45) is 0.799. The van der Waals surface area contributed by atoms with Gasteiger partial charge in [0.2, 0.25) is 6.79 Å². The molecule has 0 spiro atoms. The Morgan fingerprint density at radius 2 is 1.93 bits per heavy atom. The zero-order valence-electron chi connectivity index (χ0n) is 16.0. The summed E-state index contributed by atoms with van der Waals surface area (Å²) < 4.78 is 24.5. The minimum atomic E-state index is -0.327. The highest BCUT2D eigenvalue weighted by molar-refractivity contribution is 5.95. The first-order valence-corrected chi connectivity index (χ1v) is 9.71. The third-order valence-corrected chi connectivity index (χ3v) is 5.28. The van der Waals surface area contributed by atoms with Crippen molar-refractivity contribution in [2.45, 2.75) is 12.5 Å². The first-order chi connectivity index (χ1) is 14.7. The molecule has 2 aromatic carbocycles. The molecule has 30 heavy (non-hydrogen) atoms. The van der Waals surface area contributed by atoms with E-state index < -0.39 is 0 Å². The lowest BCUT2D eigenvalue weighted by molar-refractivity contribution is 0.0940. The highest BCUT2D eigenvalue weighted by Crippen LogP contribution is 2.32. The minimum absolute atomic E-state index is 0.00373. The monoisotopic (exact) mass is 406 g/mol. The molecule has 1 saturated heterocycles. The molecule has 1 fully saturated rings. The van der Waals surface area contributed by atoms with Crippen LogP contribution in [0.3, 0.4) is 0 Å². The second-order valence-corrected chi connectivity index (χ2v) is 7.23. The summed E-state index contributed by atoms with van der Waals surface area (Å²) in [4.78, 5) is 14.6. The van der Waals surface area contributed by atoms with E-state index >= 15 is 0 Å². The number of carbonyl (C=O) groups is 1. The number of nitrogens with one attached hydrogen (secondary N) is 1. The van der Waals surface area contributed by atoms with Crippen molar-refractivity contribution in [3.63, 3.8) is 0 Å². The number of fused-ring (bicyclic) bond motifs is 1. The Labute approximate surface area is 172 Å². The first-order valence-electron chi connectivity index (χ1n) is 9.71. The lowest BCUT2D eigenvalue weighted by atomic mass is 10.1. The zero-order valence-corrected chi connectivity index (χ0v) is 16.0. The zero-order chi connectivity index (χ0) is 20.5. The van der Waals surface area contributed by atoms with Crippen LogP contribution in [0.1, 0.15) is 16.8 Å². The van der Waals surface area contributed by atoms with Gasteiger partial charge in [-0.2, -0.15) is 0 Å². The van der Waals surface area contributed by atoms with Gasteiger partial charge in [0.05, 0.1) is 5.69 Å². The molecule has 0 saturated carbocycles. The molecule has 152 valence electrons. The number of hydrogen-bond donors (Lipinski definition) is 1. The van der Waals surface area contributed by atoms with E-state index in [-0.39, 0.29) is 24.6 Å². The highest BCUT2D eigenvalue weighted by Gasteiger charge is 2.26. The average Bonchev–Trinajstić information content (AvgIpc) is 3.43. The van der Waals surface area contributed by atoms with E-state index in [2.05, 4.69) is 20.4 Å². The molecular formula is C22H19FN4O3. The molecular weight excluding hydrogens is 387 g/mol. The van der Waals surface area contributed by atoms with Gasteiger partial charge in [-0.15, -0.1) is 10.2 Å². The van der Waals surface area contributed by atoms with E-state index in [0.29, 0.717) is 40.7 Å². The van der Waals surface area contributed by atoms with Crippen molar-refractivity contribution in [3.8, 4) is 22.8 Å². The van der Waals surface area contributed by atoms with Gasteiger partial charge < -0.3 is 19.7 Å². The van der Waals surface area contributed by atoms with Crippen molar-refractivity contribution in [3.05, 3.63) is 66.0 Å². The fraction of sp³-hybridized carbons (Fsp3) is 0.227. The van der Waals surface area contributed by atoms with E-state index in [1.54, 1.807) is 42.5 Å². The number of aromatic nitrogens is 2. The van der Waals surface area contributed by atoms with E-state index in [0.717, 1.165) is 13.0 Å². The third kappa shape index (κ3) is 3.52. The Bertz CT molecular complexity index is 1090. The molecule has 1 unspecified atom stereocenters. The lowest BCUT2D eigenvalue weighted by Crippen LogP contribution is -2.37. The van der Waals surface area contributed by atoms with Gasteiger partial charge >= 0.3 is 0 Å². The highest BCUT2D eigenvalue weighted by atomic mass is 19.1. The number of amides is 1. The Balaban J connectivity index is 1.22. The number of nitrogens with zero attached hydrogens (tertiary/aromatic N) is 3. The summed E-state index contributed by atoms with van der Waals surface area (Å²) >= 11 is 0. The van der Waals surface area contributed by atoms with E-state index in [9.17, 15) is 9.18 Å². The topological polar surface area (TPSA) is 76.6 Å². The molecule has 2 aliphatic rings. The van der Waals surface area contributed by atoms with Gasteiger partial charge in [0, 0.05) is 30.3 Å². The second-order valence-electron chi connectivity index (χ2n) is 7.23. The maximum absolute atomic E-state index is 13.9. The Kier molecular flexibility index (Phi) is 4.66. The summed E-state index contributed by atoms with van der Waals surface area (Å²) in [7, 11) is 0. The quantitative estimate of drug-likeness (QED) is 0.718. The van der Waals surface area contributed by atoms with Crippen LogP contribution in [0, 0.1) is 5.82 Å². The van der Waals surface area contributed by atoms with Crippen molar-refractivity contribution in [1.29, 1.82) is 0 Å². The Morgan fingerprint density at radius 1 is 1.07 bits per heavy atom. The van der Waals surface area contributed by atoms with Crippen molar-refractivity contribution >= 4 is 11.7 Å². The molecule has 0 aliphatic carbocycles. The molecule has 1 N–H and O–H groups in total. The lowest BCUT2D eigenvalue weighted by Gasteiger charge is -2.17. The van der Waals surface area contributed by atoms with Crippen LogP contribution in [0.25, 0.3) is 11.3 Å². The van der Waals surface area contributed by atoms with Gasteiger partial charge in [0.25, 0.3) is 5.91 Å². The first kappa shape index (κ1) is 18.4. The number of hydrogen-bond acceptors (Lipinski definition) is 6. The van der Waals surface area contributed by atoms with Crippen LogP contribution in [-0.4, -0.2) is 42.0 Å². The number of rotatable bonds is 4. The van der Waals surface area contributed by atoms with Crippen LogP contribution < -0.4 is 19.7 Å². The van der Waals surface area contributed by atoms with Gasteiger partial charge in [-0.05, 0) is 48.9 Å². The van der Waals surface area contributed by atoms with Crippen LogP contribution in [-0.2, 0) is 0 Å². The standard InChI is InChI=1S/C22H19FN4O3/c23-17-4-2-1-3-16(17)18-6-8-21(26-25-18)27-10-9-15(12-27)24-22(28)14-5-7-19-20(11-14)30-13-29-19/h1-8,11,15H,9-10,12-13H2,(H,24,28). The summed E-state index contributed by atoms with van der Waals surface area (Å²) in [5.41, 5.74) is 1.45. The van der Waals surface area contributed by atoms with Gasteiger partial charge in [-0.25, -0.2) is 4.39 Å². The molecule has 1 atom stereocenters. The fourth-order valence-electron chi connectivity index (χ4n) is 3.70. The Hall–Kier alpha value is -3.68. The van der Waals surface area contributed by atoms with Crippen LogP contribution in [0.2, 0.25) is 0 Å². The molecule has 1 amide bonds. The second kappa shape index (κ2) is 7.62. The van der Waals surface area contributed by atoms with E-state index in [1.165, 1.54) is 6.07 Å². The SMILES string of the molecule is O=C(NC1CCN(c2ccc(-c3ccccc3F)nn2)C1)c1ccc2c(c1)OCO2. The van der Waals surface area contributed by atoms with Gasteiger partial charge in [-0.1, -0.05) is 12.1 Å². The molecule has 3 heterocycles. The predicted molar refractivity (Wildman–Crippen MR) is 108 cm³/mol. The van der Waals surface area contributed by atoms with E-state index in [4.69, 9.17) is 9.47 Å². The van der Waals surface area contributed by atoms with Crippen LogP contribution in [0.5, 0.6) is 11.5 Å². The number of benzene rings is 2. The van der Waals surface area contributed by atoms with Crippen LogP contribution in [0.15, 0.2) is 54.6 Å². The number of carbonyl (C=O) groups excluding carboxylic acids is 1. The third-order valence-electron chi connectivity index (χ3n) is 5.28. The molecule has 3 aromatic rings. The van der Waals surface area contributed by atoms with Crippen LogP contribution >= 0.6 is 0 Å². The minimum Gasteiger partial charge on any atom is -0.454 e. The maximum atomic E-state index is 13.9. The summed E-state index contributed by atoms with van der Waals surface area (Å²) in [6.45, 7) is 1.55. The molecule has 2 aliphatic heterocycles. The molecule has 5 rings (SSSR count). The summed E-state index contributed by atoms with van der Waals surface area (Å²) in [5, 5.41) is 11.5. The molecule has 0 bridgehead atoms. The van der Waals surface area contributed by atoms with Crippen molar-refractivity contribution in [1.82, 2.24) is 15.5 Å². The fourth-order valence-corrected chi connectivity index (χ4v) is 3.70. The predicted octanol–water partition coefficient (Wildman–Crippen LogP) is 3.02. The van der Waals surface area contributed by atoms with Crippen molar-refractivity contribution in [2.24, 2.45) is 0 Å². The van der Waals surface area contributed by atoms with Gasteiger partial charge in [-0.3, -0.25) is 4.79 Å². The number of ether oxygens (including phenoxy) is 2. The summed E-state index contributed by atoms with van der Waals surface area (Å²) in [6, 6.07) is 15.2. The van der Waals surface area contributed by atoms with E-state index in [1.807, 2.05) is 6.07 Å². The largest absolute Gasteiger partial charge is 0.454 e. The maximum Gasteiger partial charge on any atom is 0.251 e. The van der Waals surface area contributed by atoms with Crippen LogP contribution in [0.4, 0.5) is 10.2 Å². The molecule has 8 heteroatoms. The van der Waals surface area contributed by atoms with Gasteiger partial charge in [0.15, 0.2) is 17.3 Å². The number of anilines is 1. The summed E-state index contributed by atoms with van der Waals surface area (Å²) in [5.74, 6) is 1.46. The smallest absolute Gasteiger partial charge is 0.251 e. The average molecular weight is 406 g/mol. The van der Waals surface area contributed by atoms with Crippen molar-refractivity contribution in [2.75, 3.05) is 24.8 Å². The number of halogens is 1. The molecule has 1 aromatic heterocycles. The normalized spacial score (nSPS) is 17.2. The molecule has 0 radical (unpaired) electrons. The molecule has 7 nitrogen and oxygen atoms in total. The van der Waals surface area contributed by atoms with Crippen molar-refractivity contribution < 1.29 is 18.7 Å². The van der Waals surface area contributed by atoms with Gasteiger partial charge in [0.1, 0.15) is 5.82 Å².